The molecule has 0 atom stereocenters. The minimum absolute atomic E-state index is 0.243. The van der Waals surface area contributed by atoms with Gasteiger partial charge in [-0.05, 0) is 12.1 Å². The molecule has 0 amide bonds. The van der Waals surface area contributed by atoms with Crippen molar-refractivity contribution in [3.63, 3.8) is 0 Å². The zero-order chi connectivity index (χ0) is 16.8. The van der Waals surface area contributed by atoms with E-state index in [0.717, 1.165) is 5.56 Å². The Bertz CT molecular complexity index is 854. The molecule has 0 spiro atoms. The fourth-order valence-corrected chi connectivity index (χ4v) is 2.01. The van der Waals surface area contributed by atoms with Gasteiger partial charge in [-0.25, -0.2) is 9.97 Å². The maximum Gasteiger partial charge on any atom is 0.175 e. The zero-order valence-corrected chi connectivity index (χ0v) is 12.6. The van der Waals surface area contributed by atoms with Crippen molar-refractivity contribution < 1.29 is 9.26 Å². The number of rotatable bonds is 6. The largest absolute Gasteiger partial charge is 0.492 e. The van der Waals surface area contributed by atoms with Crippen molar-refractivity contribution in [2.45, 2.75) is 0 Å². The first kappa shape index (κ1) is 15.5. The Hall–Kier alpha value is -3.44. The zero-order valence-electron chi connectivity index (χ0n) is 12.6. The molecular formula is C16H14N6O2. The number of nitrogens with zero attached hydrogens (tertiary/aromatic N) is 4. The highest BCUT2D eigenvalue weighted by Crippen LogP contribution is 2.31. The molecule has 0 unspecified atom stereocenters. The summed E-state index contributed by atoms with van der Waals surface area (Å²) < 4.78 is 11.0. The molecule has 24 heavy (non-hydrogen) atoms. The van der Waals surface area contributed by atoms with Crippen molar-refractivity contribution in [1.82, 2.24) is 15.1 Å². The van der Waals surface area contributed by atoms with E-state index in [2.05, 4.69) is 20.4 Å². The van der Waals surface area contributed by atoms with Crippen LogP contribution in [0.1, 0.15) is 5.69 Å². The van der Waals surface area contributed by atoms with Gasteiger partial charge in [0.05, 0.1) is 18.0 Å². The summed E-state index contributed by atoms with van der Waals surface area (Å²) in [6, 6.07) is 11.1. The van der Waals surface area contributed by atoms with Crippen molar-refractivity contribution >= 4 is 11.6 Å². The second-order valence-electron chi connectivity index (χ2n) is 4.73. The molecular weight excluding hydrogens is 308 g/mol. The molecule has 8 heteroatoms. The Morgan fingerprint density at radius 1 is 1.21 bits per heavy atom. The molecule has 0 aliphatic carbocycles. The molecule has 0 saturated carbocycles. The van der Waals surface area contributed by atoms with E-state index in [-0.39, 0.29) is 5.69 Å². The average molecular weight is 322 g/mol. The molecule has 3 aromatic rings. The van der Waals surface area contributed by atoms with Crippen LogP contribution >= 0.6 is 0 Å². The Kier molecular flexibility index (Phi) is 4.65. The third-order valence-corrected chi connectivity index (χ3v) is 3.06. The number of hydrogen-bond acceptors (Lipinski definition) is 8. The van der Waals surface area contributed by atoms with Gasteiger partial charge in [0, 0.05) is 12.6 Å². The van der Waals surface area contributed by atoms with Crippen LogP contribution in [0, 0.1) is 11.3 Å². The number of ether oxygens (including phenoxy) is 1. The van der Waals surface area contributed by atoms with Crippen molar-refractivity contribution in [3.05, 3.63) is 48.4 Å². The first-order valence-electron chi connectivity index (χ1n) is 7.18. The van der Waals surface area contributed by atoms with Crippen molar-refractivity contribution in [3.8, 4) is 23.1 Å². The summed E-state index contributed by atoms with van der Waals surface area (Å²) in [4.78, 5) is 8.00. The molecule has 0 saturated heterocycles. The molecule has 3 rings (SSSR count). The number of nitrogens with one attached hydrogen (secondary N) is 1. The minimum atomic E-state index is 0.243. The molecule has 2 aromatic heterocycles. The van der Waals surface area contributed by atoms with Crippen LogP contribution < -0.4 is 15.8 Å². The number of nitriles is 1. The second-order valence-corrected chi connectivity index (χ2v) is 4.73. The van der Waals surface area contributed by atoms with E-state index >= 15 is 0 Å². The lowest BCUT2D eigenvalue weighted by molar-refractivity contribution is 0.328. The summed E-state index contributed by atoms with van der Waals surface area (Å²) in [6.45, 7) is 0.839. The van der Waals surface area contributed by atoms with Crippen LogP contribution in [-0.4, -0.2) is 28.3 Å². The van der Waals surface area contributed by atoms with Gasteiger partial charge in [-0.15, -0.1) is 0 Å². The topological polar surface area (TPSA) is 123 Å². The van der Waals surface area contributed by atoms with Gasteiger partial charge >= 0.3 is 0 Å². The Morgan fingerprint density at radius 3 is 2.83 bits per heavy atom. The third-order valence-electron chi connectivity index (χ3n) is 3.06. The summed E-state index contributed by atoms with van der Waals surface area (Å²) >= 11 is 0. The Labute approximate surface area is 137 Å². The molecule has 8 nitrogen and oxygen atoms in total. The normalized spacial score (nSPS) is 10.2. The quantitative estimate of drug-likeness (QED) is 0.707. The Morgan fingerprint density at radius 2 is 2.08 bits per heavy atom. The Balaban J connectivity index is 1.79. The van der Waals surface area contributed by atoms with E-state index in [0.29, 0.717) is 36.3 Å². The van der Waals surface area contributed by atoms with Gasteiger partial charge in [0.15, 0.2) is 17.3 Å². The monoisotopic (exact) mass is 322 g/mol. The molecule has 0 aliphatic rings. The van der Waals surface area contributed by atoms with Crippen LogP contribution in [0.2, 0.25) is 0 Å². The summed E-state index contributed by atoms with van der Waals surface area (Å²) in [7, 11) is 0. The van der Waals surface area contributed by atoms with Gasteiger partial charge in [0.25, 0.3) is 0 Å². The van der Waals surface area contributed by atoms with E-state index in [1.54, 1.807) is 6.07 Å². The highest BCUT2D eigenvalue weighted by molar-refractivity contribution is 5.68. The molecule has 0 aliphatic heterocycles. The molecule has 0 bridgehead atoms. The molecule has 120 valence electrons. The number of para-hydroxylation sites is 1. The van der Waals surface area contributed by atoms with Crippen LogP contribution in [0.4, 0.5) is 11.6 Å². The standard InChI is InChI=1S/C16H14N6O2/c17-5-6-23-13-4-2-1-3-12(13)14-7-15(22-24-14)21-16-10-19-11(8-18)9-20-16/h1-4,7,9-10H,5-6,17H2,(H,20,21,22). The lowest BCUT2D eigenvalue weighted by Crippen LogP contribution is -2.10. The molecule has 0 radical (unpaired) electrons. The summed E-state index contributed by atoms with van der Waals surface area (Å²) in [5.74, 6) is 2.15. The van der Waals surface area contributed by atoms with E-state index in [1.807, 2.05) is 30.3 Å². The maximum absolute atomic E-state index is 8.72. The molecule has 3 N–H and O–H groups in total. The summed E-state index contributed by atoms with van der Waals surface area (Å²) in [5, 5.41) is 15.6. The van der Waals surface area contributed by atoms with E-state index < -0.39 is 0 Å². The van der Waals surface area contributed by atoms with Gasteiger partial charge < -0.3 is 20.3 Å². The smallest absolute Gasteiger partial charge is 0.175 e. The van der Waals surface area contributed by atoms with Crippen molar-refractivity contribution in [2.24, 2.45) is 5.73 Å². The molecule has 1 aromatic carbocycles. The predicted molar refractivity (Wildman–Crippen MR) is 86.5 cm³/mol. The van der Waals surface area contributed by atoms with Crippen LogP contribution in [0.3, 0.4) is 0 Å². The van der Waals surface area contributed by atoms with Crippen molar-refractivity contribution in [2.75, 3.05) is 18.5 Å². The van der Waals surface area contributed by atoms with Gasteiger partial charge in [-0.1, -0.05) is 17.3 Å². The average Bonchev–Trinajstić information content (AvgIpc) is 3.09. The fourth-order valence-electron chi connectivity index (χ4n) is 2.01. The van der Waals surface area contributed by atoms with Crippen LogP contribution in [0.25, 0.3) is 11.3 Å². The maximum atomic E-state index is 8.72. The predicted octanol–water partition coefficient (Wildman–Crippen LogP) is 2.08. The van der Waals surface area contributed by atoms with E-state index in [9.17, 15) is 0 Å². The van der Waals surface area contributed by atoms with Gasteiger partial charge in [-0.2, -0.15) is 5.26 Å². The number of aromatic nitrogens is 3. The SMILES string of the molecule is N#Cc1cnc(Nc2cc(-c3ccccc3OCCN)on2)cn1. The molecule has 2 heterocycles. The van der Waals surface area contributed by atoms with Crippen LogP contribution in [0.5, 0.6) is 5.75 Å². The third kappa shape index (κ3) is 3.48. The first-order chi connectivity index (χ1) is 11.8. The number of hydrogen-bond donors (Lipinski definition) is 2. The minimum Gasteiger partial charge on any atom is -0.492 e. The summed E-state index contributed by atoms with van der Waals surface area (Å²) in [6.07, 6.45) is 2.82. The fraction of sp³-hybridized carbons (Fsp3) is 0.125. The van der Waals surface area contributed by atoms with Crippen molar-refractivity contribution in [1.29, 1.82) is 5.26 Å². The number of anilines is 2. The molecule has 0 fully saturated rings. The van der Waals surface area contributed by atoms with Crippen LogP contribution in [0.15, 0.2) is 47.2 Å². The van der Waals surface area contributed by atoms with E-state index in [4.69, 9.17) is 20.3 Å². The van der Waals surface area contributed by atoms with Gasteiger partial charge in [0.1, 0.15) is 24.2 Å². The number of benzene rings is 1. The first-order valence-corrected chi connectivity index (χ1v) is 7.18. The lowest BCUT2D eigenvalue weighted by Gasteiger charge is -2.07. The highest BCUT2D eigenvalue weighted by atomic mass is 16.5. The van der Waals surface area contributed by atoms with Crippen LogP contribution in [-0.2, 0) is 0 Å². The second kappa shape index (κ2) is 7.21. The van der Waals surface area contributed by atoms with E-state index in [1.165, 1.54) is 12.4 Å². The summed E-state index contributed by atoms with van der Waals surface area (Å²) in [5.41, 5.74) is 6.49. The highest BCUT2D eigenvalue weighted by Gasteiger charge is 2.12. The van der Waals surface area contributed by atoms with Gasteiger partial charge in [-0.3, -0.25) is 0 Å². The van der Waals surface area contributed by atoms with Gasteiger partial charge in [0.2, 0.25) is 0 Å². The number of nitrogens with two attached hydrogens (primary N) is 1. The lowest BCUT2D eigenvalue weighted by atomic mass is 10.1.